The topological polar surface area (TPSA) is 30.3 Å². The molecule has 0 radical (unpaired) electrons. The van der Waals surface area contributed by atoms with E-state index in [-0.39, 0.29) is 0 Å². The third-order valence-electron chi connectivity index (χ3n) is 4.05. The van der Waals surface area contributed by atoms with Crippen LogP contribution in [0.25, 0.3) is 0 Å². The molecule has 2 aliphatic rings. The second-order valence-electron chi connectivity index (χ2n) is 5.34. The molecule has 0 atom stereocenters. The first-order chi connectivity index (χ1) is 8.79. The summed E-state index contributed by atoms with van der Waals surface area (Å²) in [6, 6.07) is 9.18. The van der Waals surface area contributed by atoms with Crippen LogP contribution in [0.4, 0.5) is 5.69 Å². The number of hydrogen-bond donors (Lipinski definition) is 0. The van der Waals surface area contributed by atoms with Crippen LogP contribution in [0.1, 0.15) is 24.0 Å². The molecule has 94 valence electrons. The lowest BCUT2D eigenvalue weighted by Crippen LogP contribution is -2.47. The van der Waals surface area contributed by atoms with Gasteiger partial charge in [0.15, 0.2) is 0 Å². The molecule has 0 N–H and O–H groups in total. The number of nitrogens with zero attached hydrogens (tertiary/aromatic N) is 3. The summed E-state index contributed by atoms with van der Waals surface area (Å²) in [5.74, 6) is 0. The fourth-order valence-electron chi connectivity index (χ4n) is 2.92. The Morgan fingerprint density at radius 2 is 1.89 bits per heavy atom. The first-order valence-corrected chi connectivity index (χ1v) is 6.78. The summed E-state index contributed by atoms with van der Waals surface area (Å²) in [4.78, 5) is 4.98. The molecule has 0 aromatic heterocycles. The highest BCUT2D eigenvalue weighted by atomic mass is 15.3. The summed E-state index contributed by atoms with van der Waals surface area (Å²) in [7, 11) is 0. The lowest BCUT2D eigenvalue weighted by Gasteiger charge is -2.37. The molecular weight excluding hydrogens is 222 g/mol. The molecule has 1 aromatic rings. The van der Waals surface area contributed by atoms with E-state index in [1.807, 2.05) is 12.1 Å². The van der Waals surface area contributed by atoms with Crippen LogP contribution in [-0.2, 0) is 0 Å². The first kappa shape index (κ1) is 11.6. The molecule has 3 nitrogen and oxygen atoms in total. The molecule has 2 fully saturated rings. The number of nitriles is 1. The molecule has 3 heteroatoms. The number of aryl methyl sites for hydroxylation is 1. The van der Waals surface area contributed by atoms with Gasteiger partial charge in [-0.05, 0) is 31.4 Å². The van der Waals surface area contributed by atoms with Crippen LogP contribution < -0.4 is 4.90 Å². The Morgan fingerprint density at radius 3 is 2.50 bits per heavy atom. The number of hydrogen-bond acceptors (Lipinski definition) is 3. The van der Waals surface area contributed by atoms with Gasteiger partial charge in [-0.1, -0.05) is 12.1 Å². The Labute approximate surface area is 109 Å². The van der Waals surface area contributed by atoms with Crippen molar-refractivity contribution in [2.24, 2.45) is 0 Å². The minimum atomic E-state index is 0.815. The van der Waals surface area contributed by atoms with Crippen molar-refractivity contribution in [3.63, 3.8) is 0 Å². The van der Waals surface area contributed by atoms with Crippen molar-refractivity contribution in [3.8, 4) is 6.07 Å². The summed E-state index contributed by atoms with van der Waals surface area (Å²) in [5, 5.41) is 9.24. The number of benzene rings is 1. The number of rotatable bonds is 2. The predicted molar refractivity (Wildman–Crippen MR) is 72.7 cm³/mol. The number of anilines is 1. The monoisotopic (exact) mass is 241 g/mol. The number of para-hydroxylation sites is 1. The van der Waals surface area contributed by atoms with Gasteiger partial charge in [0.2, 0.25) is 0 Å². The van der Waals surface area contributed by atoms with Gasteiger partial charge in [-0.15, -0.1) is 0 Å². The van der Waals surface area contributed by atoms with Crippen LogP contribution in [-0.4, -0.2) is 37.1 Å². The molecule has 3 rings (SSSR count). The molecule has 0 spiro atoms. The molecule has 1 aliphatic carbocycles. The standard InChI is InChI=1S/C15H19N3/c1-12-3-2-4-13(11-16)15(12)18-9-7-17(8-10-18)14-5-6-14/h2-4,14H,5-10H2,1H3. The zero-order chi connectivity index (χ0) is 12.5. The van der Waals surface area contributed by atoms with E-state index in [9.17, 15) is 5.26 Å². The second kappa shape index (κ2) is 4.62. The summed E-state index contributed by atoms with van der Waals surface area (Å²) in [6.45, 7) is 6.49. The highest BCUT2D eigenvalue weighted by molar-refractivity contribution is 5.64. The summed E-state index contributed by atoms with van der Waals surface area (Å²) >= 11 is 0. The maximum Gasteiger partial charge on any atom is 0.101 e. The zero-order valence-electron chi connectivity index (χ0n) is 10.9. The van der Waals surface area contributed by atoms with Crippen LogP contribution >= 0.6 is 0 Å². The van der Waals surface area contributed by atoms with Gasteiger partial charge in [-0.25, -0.2) is 0 Å². The average molecular weight is 241 g/mol. The van der Waals surface area contributed by atoms with Gasteiger partial charge in [0.25, 0.3) is 0 Å². The van der Waals surface area contributed by atoms with E-state index < -0.39 is 0 Å². The number of piperazine rings is 1. The van der Waals surface area contributed by atoms with Gasteiger partial charge in [0.05, 0.1) is 11.3 Å². The van der Waals surface area contributed by atoms with Crippen molar-refractivity contribution >= 4 is 5.69 Å². The minimum absolute atomic E-state index is 0.815. The fourth-order valence-corrected chi connectivity index (χ4v) is 2.92. The van der Waals surface area contributed by atoms with Crippen molar-refractivity contribution in [2.75, 3.05) is 31.1 Å². The summed E-state index contributed by atoms with van der Waals surface area (Å²) in [5.41, 5.74) is 3.18. The van der Waals surface area contributed by atoms with Gasteiger partial charge in [0, 0.05) is 32.2 Å². The highest BCUT2D eigenvalue weighted by Gasteiger charge is 2.31. The van der Waals surface area contributed by atoms with Gasteiger partial charge >= 0.3 is 0 Å². The van der Waals surface area contributed by atoms with E-state index in [0.29, 0.717) is 0 Å². The Bertz CT molecular complexity index is 477. The summed E-state index contributed by atoms with van der Waals surface area (Å²) < 4.78 is 0. The van der Waals surface area contributed by atoms with E-state index in [1.165, 1.54) is 18.4 Å². The van der Waals surface area contributed by atoms with E-state index in [1.54, 1.807) is 0 Å². The molecule has 0 unspecified atom stereocenters. The Balaban J connectivity index is 1.77. The Kier molecular flexibility index (Phi) is 2.97. The van der Waals surface area contributed by atoms with E-state index >= 15 is 0 Å². The minimum Gasteiger partial charge on any atom is -0.368 e. The maximum atomic E-state index is 9.24. The molecular formula is C15H19N3. The van der Waals surface area contributed by atoms with Crippen LogP contribution in [0.3, 0.4) is 0 Å². The van der Waals surface area contributed by atoms with E-state index in [4.69, 9.17) is 0 Å². The largest absolute Gasteiger partial charge is 0.368 e. The van der Waals surface area contributed by atoms with Gasteiger partial charge in [-0.2, -0.15) is 5.26 Å². The molecule has 0 amide bonds. The molecule has 1 saturated heterocycles. The van der Waals surface area contributed by atoms with Crippen molar-refractivity contribution in [3.05, 3.63) is 29.3 Å². The van der Waals surface area contributed by atoms with Crippen LogP contribution in [0.2, 0.25) is 0 Å². The highest BCUT2D eigenvalue weighted by Crippen LogP contribution is 2.30. The third-order valence-corrected chi connectivity index (χ3v) is 4.05. The zero-order valence-corrected chi connectivity index (χ0v) is 10.9. The van der Waals surface area contributed by atoms with Gasteiger partial charge < -0.3 is 4.90 Å². The van der Waals surface area contributed by atoms with Crippen molar-refractivity contribution < 1.29 is 0 Å². The second-order valence-corrected chi connectivity index (χ2v) is 5.34. The quantitative estimate of drug-likeness (QED) is 0.795. The lowest BCUT2D eigenvalue weighted by molar-refractivity contribution is 0.248. The molecule has 18 heavy (non-hydrogen) atoms. The normalized spacial score (nSPS) is 20.8. The SMILES string of the molecule is Cc1cccc(C#N)c1N1CCN(C2CC2)CC1. The Morgan fingerprint density at radius 1 is 1.17 bits per heavy atom. The van der Waals surface area contributed by atoms with E-state index in [0.717, 1.165) is 43.5 Å². The molecule has 1 saturated carbocycles. The molecule has 1 aliphatic heterocycles. The fraction of sp³-hybridized carbons (Fsp3) is 0.533. The van der Waals surface area contributed by atoms with Gasteiger partial charge in [0.1, 0.15) is 6.07 Å². The van der Waals surface area contributed by atoms with E-state index in [2.05, 4.69) is 28.9 Å². The third kappa shape index (κ3) is 2.09. The van der Waals surface area contributed by atoms with Crippen molar-refractivity contribution in [2.45, 2.75) is 25.8 Å². The molecule has 1 aromatic carbocycles. The van der Waals surface area contributed by atoms with Gasteiger partial charge in [-0.3, -0.25) is 4.90 Å². The maximum absolute atomic E-state index is 9.24. The van der Waals surface area contributed by atoms with Crippen LogP contribution in [0.5, 0.6) is 0 Å². The summed E-state index contributed by atoms with van der Waals surface area (Å²) in [6.07, 6.45) is 2.77. The first-order valence-electron chi connectivity index (χ1n) is 6.78. The van der Waals surface area contributed by atoms with Crippen molar-refractivity contribution in [1.29, 1.82) is 5.26 Å². The average Bonchev–Trinajstić information content (AvgIpc) is 3.23. The van der Waals surface area contributed by atoms with Crippen molar-refractivity contribution in [1.82, 2.24) is 4.90 Å². The Hall–Kier alpha value is -1.53. The molecule has 1 heterocycles. The van der Waals surface area contributed by atoms with Crippen LogP contribution in [0, 0.1) is 18.3 Å². The molecule has 0 bridgehead atoms. The lowest BCUT2D eigenvalue weighted by atomic mass is 10.1. The van der Waals surface area contributed by atoms with Crippen LogP contribution in [0.15, 0.2) is 18.2 Å². The predicted octanol–water partition coefficient (Wildman–Crippen LogP) is 2.15. The smallest absolute Gasteiger partial charge is 0.101 e.